The van der Waals surface area contributed by atoms with E-state index in [-0.39, 0.29) is 6.03 Å². The average molecular weight is 233 g/mol. The topological polar surface area (TPSA) is 32.3 Å². The molecule has 0 saturated carbocycles. The van der Waals surface area contributed by atoms with E-state index in [4.69, 9.17) is 11.6 Å². The molecule has 0 aliphatic carbocycles. The lowest BCUT2D eigenvalue weighted by Crippen LogP contribution is -2.34. The van der Waals surface area contributed by atoms with Crippen molar-refractivity contribution in [2.45, 2.75) is 13.8 Å². The molecule has 0 radical (unpaired) electrons. The summed E-state index contributed by atoms with van der Waals surface area (Å²) in [6.07, 6.45) is 0. The number of carbonyl (C=O) groups is 1. The molecule has 0 atom stereocenters. The minimum absolute atomic E-state index is 0.102. The zero-order valence-corrected chi connectivity index (χ0v) is 9.78. The van der Waals surface area contributed by atoms with Crippen LogP contribution in [0.1, 0.15) is 13.8 Å². The van der Waals surface area contributed by atoms with Gasteiger partial charge in [0.1, 0.15) is 4.34 Å². The van der Waals surface area contributed by atoms with Gasteiger partial charge in [0.25, 0.3) is 0 Å². The van der Waals surface area contributed by atoms with Gasteiger partial charge in [-0.1, -0.05) is 11.6 Å². The van der Waals surface area contributed by atoms with Crippen LogP contribution in [0.5, 0.6) is 0 Å². The first kappa shape index (κ1) is 11.3. The number of anilines is 1. The minimum Gasteiger partial charge on any atom is -0.325 e. The van der Waals surface area contributed by atoms with Crippen molar-refractivity contribution in [1.82, 2.24) is 4.90 Å². The number of rotatable bonds is 3. The van der Waals surface area contributed by atoms with Crippen molar-refractivity contribution in [2.24, 2.45) is 0 Å². The zero-order chi connectivity index (χ0) is 10.6. The van der Waals surface area contributed by atoms with Crippen LogP contribution in [0, 0.1) is 0 Å². The van der Waals surface area contributed by atoms with Crippen LogP contribution in [0.2, 0.25) is 4.34 Å². The largest absolute Gasteiger partial charge is 0.325 e. The van der Waals surface area contributed by atoms with E-state index in [0.29, 0.717) is 23.1 Å². The van der Waals surface area contributed by atoms with Crippen molar-refractivity contribution in [1.29, 1.82) is 0 Å². The van der Waals surface area contributed by atoms with Crippen LogP contribution in [-0.4, -0.2) is 24.0 Å². The second-order valence-electron chi connectivity index (χ2n) is 2.71. The summed E-state index contributed by atoms with van der Waals surface area (Å²) in [6.45, 7) is 5.28. The van der Waals surface area contributed by atoms with Gasteiger partial charge in [0.15, 0.2) is 0 Å². The number of amides is 2. The van der Waals surface area contributed by atoms with Crippen molar-refractivity contribution < 1.29 is 4.79 Å². The Morgan fingerprint density at radius 1 is 1.57 bits per heavy atom. The molecule has 3 nitrogen and oxygen atoms in total. The Balaban J connectivity index is 2.61. The van der Waals surface area contributed by atoms with E-state index in [9.17, 15) is 4.79 Å². The van der Waals surface area contributed by atoms with Crippen LogP contribution in [0.25, 0.3) is 0 Å². The molecule has 1 rings (SSSR count). The van der Waals surface area contributed by atoms with Gasteiger partial charge < -0.3 is 10.2 Å². The fourth-order valence-electron chi connectivity index (χ4n) is 1.09. The summed E-state index contributed by atoms with van der Waals surface area (Å²) < 4.78 is 0.616. The summed E-state index contributed by atoms with van der Waals surface area (Å²) in [7, 11) is 0. The van der Waals surface area contributed by atoms with Gasteiger partial charge in [-0.05, 0) is 25.3 Å². The highest BCUT2D eigenvalue weighted by atomic mass is 35.5. The van der Waals surface area contributed by atoms with Crippen LogP contribution in [-0.2, 0) is 0 Å². The molecule has 14 heavy (non-hydrogen) atoms. The highest BCUT2D eigenvalue weighted by Crippen LogP contribution is 2.27. The maximum absolute atomic E-state index is 11.6. The predicted octanol–water partition coefficient (Wildman–Crippen LogP) is 3.28. The fraction of sp³-hybridized carbons (Fsp3) is 0.444. The molecular weight excluding hydrogens is 220 g/mol. The Kier molecular flexibility index (Phi) is 4.22. The molecule has 0 bridgehead atoms. The summed E-state index contributed by atoms with van der Waals surface area (Å²) in [5, 5.41) is 4.60. The number of thiophene rings is 1. The van der Waals surface area contributed by atoms with Gasteiger partial charge >= 0.3 is 6.03 Å². The molecule has 0 aromatic carbocycles. The van der Waals surface area contributed by atoms with Gasteiger partial charge in [-0.2, -0.15) is 0 Å². The van der Waals surface area contributed by atoms with Gasteiger partial charge in [-0.15, -0.1) is 11.3 Å². The molecule has 1 aromatic heterocycles. The van der Waals surface area contributed by atoms with Crippen LogP contribution in [0.15, 0.2) is 11.4 Å². The molecule has 0 aliphatic rings. The number of urea groups is 1. The maximum atomic E-state index is 11.6. The second kappa shape index (κ2) is 5.22. The van der Waals surface area contributed by atoms with Gasteiger partial charge in [0, 0.05) is 13.1 Å². The van der Waals surface area contributed by atoms with Crippen LogP contribution < -0.4 is 5.32 Å². The Morgan fingerprint density at radius 3 is 2.64 bits per heavy atom. The van der Waals surface area contributed by atoms with Crippen molar-refractivity contribution in [3.8, 4) is 0 Å². The quantitative estimate of drug-likeness (QED) is 0.853. The molecule has 5 heteroatoms. The number of hydrogen-bond donors (Lipinski definition) is 1. The molecule has 1 heterocycles. The first-order valence-corrected chi connectivity index (χ1v) is 5.73. The van der Waals surface area contributed by atoms with E-state index in [1.165, 1.54) is 11.3 Å². The molecule has 1 aromatic rings. The van der Waals surface area contributed by atoms with E-state index >= 15 is 0 Å². The van der Waals surface area contributed by atoms with Crippen LogP contribution in [0.4, 0.5) is 10.5 Å². The Hall–Kier alpha value is -0.740. The summed E-state index contributed by atoms with van der Waals surface area (Å²) >= 11 is 7.27. The lowest BCUT2D eigenvalue weighted by molar-refractivity contribution is 0.217. The molecule has 0 aliphatic heterocycles. The van der Waals surface area contributed by atoms with Gasteiger partial charge in [0.2, 0.25) is 0 Å². The standard InChI is InChI=1S/C9H13ClN2OS/c1-3-12(4-2)9(13)11-7-5-6-14-8(7)10/h5-6H,3-4H2,1-2H3,(H,11,13). The maximum Gasteiger partial charge on any atom is 0.321 e. The number of hydrogen-bond acceptors (Lipinski definition) is 2. The molecular formula is C9H13ClN2OS. The number of halogens is 1. The first-order chi connectivity index (χ1) is 6.69. The van der Waals surface area contributed by atoms with Gasteiger partial charge in [-0.25, -0.2) is 4.79 Å². The summed E-state index contributed by atoms with van der Waals surface area (Å²) in [6, 6.07) is 1.70. The van der Waals surface area contributed by atoms with E-state index in [1.807, 2.05) is 19.2 Å². The highest BCUT2D eigenvalue weighted by Gasteiger charge is 2.11. The SMILES string of the molecule is CCN(CC)C(=O)Nc1ccsc1Cl. The zero-order valence-electron chi connectivity index (χ0n) is 8.21. The predicted molar refractivity (Wildman–Crippen MR) is 61.3 cm³/mol. The third kappa shape index (κ3) is 2.62. The number of nitrogens with one attached hydrogen (secondary N) is 1. The van der Waals surface area contributed by atoms with Crippen molar-refractivity contribution in [3.63, 3.8) is 0 Å². The van der Waals surface area contributed by atoms with E-state index in [1.54, 1.807) is 11.0 Å². The summed E-state index contributed by atoms with van der Waals surface area (Å²) in [5.74, 6) is 0. The molecule has 1 N–H and O–H groups in total. The molecule has 0 unspecified atom stereocenters. The summed E-state index contributed by atoms with van der Waals surface area (Å²) in [5.41, 5.74) is 0.688. The molecule has 0 spiro atoms. The van der Waals surface area contributed by atoms with Crippen LogP contribution in [0.3, 0.4) is 0 Å². The lowest BCUT2D eigenvalue weighted by atomic mass is 10.5. The molecule has 0 fully saturated rings. The lowest BCUT2D eigenvalue weighted by Gasteiger charge is -2.18. The third-order valence-corrected chi connectivity index (χ3v) is 3.08. The smallest absolute Gasteiger partial charge is 0.321 e. The van der Waals surface area contributed by atoms with Crippen molar-refractivity contribution in [2.75, 3.05) is 18.4 Å². The molecule has 0 saturated heterocycles. The van der Waals surface area contributed by atoms with E-state index in [2.05, 4.69) is 5.32 Å². The van der Waals surface area contributed by atoms with Crippen LogP contribution >= 0.6 is 22.9 Å². The molecule has 78 valence electrons. The minimum atomic E-state index is -0.102. The Morgan fingerprint density at radius 2 is 2.21 bits per heavy atom. The fourth-order valence-corrected chi connectivity index (χ4v) is 1.92. The van der Waals surface area contributed by atoms with Gasteiger partial charge in [-0.3, -0.25) is 0 Å². The molecule has 2 amide bonds. The Bertz CT molecular complexity index is 310. The van der Waals surface area contributed by atoms with E-state index < -0.39 is 0 Å². The average Bonchev–Trinajstić information content (AvgIpc) is 2.54. The van der Waals surface area contributed by atoms with Gasteiger partial charge in [0.05, 0.1) is 5.69 Å². The Labute approximate surface area is 92.7 Å². The normalized spacial score (nSPS) is 9.93. The third-order valence-electron chi connectivity index (χ3n) is 1.91. The summed E-state index contributed by atoms with van der Waals surface area (Å²) in [4.78, 5) is 13.3. The first-order valence-electron chi connectivity index (χ1n) is 4.48. The number of nitrogens with zero attached hydrogens (tertiary/aromatic N) is 1. The second-order valence-corrected chi connectivity index (χ2v) is 4.23. The van der Waals surface area contributed by atoms with Crippen molar-refractivity contribution in [3.05, 3.63) is 15.8 Å². The highest BCUT2D eigenvalue weighted by molar-refractivity contribution is 7.15. The monoisotopic (exact) mass is 232 g/mol. The van der Waals surface area contributed by atoms with Crippen molar-refractivity contribution >= 4 is 34.7 Å². The van der Waals surface area contributed by atoms with E-state index in [0.717, 1.165) is 0 Å². The number of carbonyl (C=O) groups excluding carboxylic acids is 1.